The molecule has 6 nitrogen and oxygen atoms in total. The van der Waals surface area contributed by atoms with Crippen LogP contribution < -0.4 is 10.1 Å². The second-order valence-corrected chi connectivity index (χ2v) is 8.84. The molecule has 1 heterocycles. The van der Waals surface area contributed by atoms with E-state index < -0.39 is 0 Å². The lowest BCUT2D eigenvalue weighted by molar-refractivity contribution is 0.0926. The van der Waals surface area contributed by atoms with Crippen LogP contribution in [0.15, 0.2) is 84.9 Å². The number of nitrogens with one attached hydrogen (secondary N) is 1. The maximum Gasteiger partial charge on any atom is 0.273 e. The van der Waals surface area contributed by atoms with E-state index in [1.807, 2.05) is 43.3 Å². The van der Waals surface area contributed by atoms with Crippen molar-refractivity contribution in [2.45, 2.75) is 32.8 Å². The van der Waals surface area contributed by atoms with Gasteiger partial charge in [0.1, 0.15) is 12.4 Å². The zero-order valence-corrected chi connectivity index (χ0v) is 21.4. The molecule has 0 bridgehead atoms. The van der Waals surface area contributed by atoms with E-state index in [-0.39, 0.29) is 11.6 Å². The number of benzene rings is 3. The van der Waals surface area contributed by atoms with E-state index in [9.17, 15) is 4.79 Å². The van der Waals surface area contributed by atoms with Gasteiger partial charge in [-0.1, -0.05) is 84.9 Å². The highest BCUT2D eigenvalue weighted by molar-refractivity contribution is 5.95. The fraction of sp³-hybridized carbons (Fsp3) is 0.258. The Bertz CT molecular complexity index is 1280. The Labute approximate surface area is 218 Å². The van der Waals surface area contributed by atoms with Gasteiger partial charge >= 0.3 is 0 Å². The largest absolute Gasteiger partial charge is 0.485 e. The van der Waals surface area contributed by atoms with Gasteiger partial charge in [-0.05, 0) is 42.0 Å². The summed E-state index contributed by atoms with van der Waals surface area (Å²) in [5.74, 6) is 0.768. The maximum absolute atomic E-state index is 13.0. The number of amides is 1. The molecule has 1 aromatic heterocycles. The third-order valence-electron chi connectivity index (χ3n) is 6.04. The minimum absolute atomic E-state index is 0.266. The number of aromatic nitrogens is 2. The lowest BCUT2D eigenvalue weighted by Gasteiger charge is -2.15. The summed E-state index contributed by atoms with van der Waals surface area (Å²) in [6.07, 6.45) is 2.44. The van der Waals surface area contributed by atoms with Gasteiger partial charge in [0.25, 0.3) is 5.91 Å². The first kappa shape index (κ1) is 26.0. The molecule has 0 atom stereocenters. The number of nitrogens with zero attached hydrogens (tertiary/aromatic N) is 2. The molecule has 0 fully saturated rings. The van der Waals surface area contributed by atoms with Crippen LogP contribution >= 0.6 is 0 Å². The van der Waals surface area contributed by atoms with E-state index in [0.29, 0.717) is 43.4 Å². The van der Waals surface area contributed by atoms with Crippen molar-refractivity contribution in [3.8, 4) is 16.9 Å². The summed E-state index contributed by atoms with van der Waals surface area (Å²) < 4.78 is 11.1. The summed E-state index contributed by atoms with van der Waals surface area (Å²) in [6, 6.07) is 28.9. The molecule has 0 unspecified atom stereocenters. The second kappa shape index (κ2) is 13.3. The molecule has 0 radical (unpaired) electrons. The third-order valence-corrected chi connectivity index (χ3v) is 6.04. The van der Waals surface area contributed by atoms with Crippen molar-refractivity contribution >= 4 is 5.91 Å². The van der Waals surface area contributed by atoms with Crippen molar-refractivity contribution in [1.29, 1.82) is 0 Å². The van der Waals surface area contributed by atoms with Gasteiger partial charge in [0.15, 0.2) is 11.4 Å². The van der Waals surface area contributed by atoms with Gasteiger partial charge in [0, 0.05) is 20.1 Å². The van der Waals surface area contributed by atoms with Crippen LogP contribution in [0.1, 0.15) is 39.6 Å². The molecule has 37 heavy (non-hydrogen) atoms. The number of aryl methyl sites for hydroxylation is 3. The van der Waals surface area contributed by atoms with Crippen LogP contribution in [0.2, 0.25) is 0 Å². The first-order chi connectivity index (χ1) is 18.1. The van der Waals surface area contributed by atoms with Crippen LogP contribution in [-0.2, 0) is 24.2 Å². The van der Waals surface area contributed by atoms with Crippen LogP contribution in [0, 0.1) is 6.92 Å². The minimum Gasteiger partial charge on any atom is -0.485 e. The molecule has 0 aliphatic carbocycles. The zero-order valence-electron chi connectivity index (χ0n) is 21.4. The molecule has 1 amide bonds. The van der Waals surface area contributed by atoms with Gasteiger partial charge in [-0.3, -0.25) is 4.79 Å². The molecule has 6 heteroatoms. The number of ether oxygens (including phenoxy) is 2. The van der Waals surface area contributed by atoms with Crippen LogP contribution in [-0.4, -0.2) is 36.1 Å². The Balaban J connectivity index is 1.43. The highest BCUT2D eigenvalue weighted by Gasteiger charge is 2.20. The van der Waals surface area contributed by atoms with Crippen molar-refractivity contribution in [1.82, 2.24) is 15.3 Å². The SMILES string of the molecule is COCCNC(=O)c1nc(CCCc2ccc(-c3ccccc3)cc2)nc(C)c1OCc1ccccc1. The average molecular weight is 496 g/mol. The molecule has 3 aromatic carbocycles. The Morgan fingerprint density at radius 2 is 1.49 bits per heavy atom. The number of hydrogen-bond donors (Lipinski definition) is 1. The van der Waals surface area contributed by atoms with Gasteiger partial charge < -0.3 is 14.8 Å². The second-order valence-electron chi connectivity index (χ2n) is 8.84. The summed E-state index contributed by atoms with van der Waals surface area (Å²) in [5.41, 5.74) is 5.61. The smallest absolute Gasteiger partial charge is 0.273 e. The van der Waals surface area contributed by atoms with Crippen LogP contribution in [0.25, 0.3) is 11.1 Å². The molecule has 0 aliphatic heterocycles. The van der Waals surface area contributed by atoms with E-state index in [4.69, 9.17) is 9.47 Å². The van der Waals surface area contributed by atoms with Crippen molar-refractivity contribution < 1.29 is 14.3 Å². The maximum atomic E-state index is 13.0. The standard InChI is InChI=1S/C31H33N3O3/c1-23-30(37-22-25-10-5-3-6-11-25)29(31(35)32-20-21-36-2)34-28(33-23)15-9-12-24-16-18-27(19-17-24)26-13-7-4-8-14-26/h3-8,10-11,13-14,16-19H,9,12,15,20-22H2,1-2H3,(H,32,35). The fourth-order valence-corrected chi connectivity index (χ4v) is 4.08. The topological polar surface area (TPSA) is 73.3 Å². The number of carbonyl (C=O) groups is 1. The molecule has 0 aliphatic rings. The number of carbonyl (C=O) groups excluding carboxylic acids is 1. The summed E-state index contributed by atoms with van der Waals surface area (Å²) in [6.45, 7) is 3.01. The van der Waals surface area contributed by atoms with Gasteiger partial charge in [-0.15, -0.1) is 0 Å². The summed E-state index contributed by atoms with van der Waals surface area (Å²) in [4.78, 5) is 22.3. The predicted octanol–water partition coefficient (Wildman–Crippen LogP) is 5.58. The predicted molar refractivity (Wildman–Crippen MR) is 146 cm³/mol. The lowest BCUT2D eigenvalue weighted by atomic mass is 10.0. The molecule has 4 aromatic rings. The Morgan fingerprint density at radius 3 is 2.19 bits per heavy atom. The van der Waals surface area contributed by atoms with Crippen LogP contribution in [0.3, 0.4) is 0 Å². The number of methoxy groups -OCH3 is 1. The number of rotatable bonds is 12. The molecule has 190 valence electrons. The van der Waals surface area contributed by atoms with E-state index in [2.05, 4.69) is 63.8 Å². The van der Waals surface area contributed by atoms with Gasteiger partial charge in [0.2, 0.25) is 0 Å². The van der Waals surface area contributed by atoms with Gasteiger partial charge in [-0.2, -0.15) is 0 Å². The monoisotopic (exact) mass is 495 g/mol. The molecule has 1 N–H and O–H groups in total. The molecular formula is C31H33N3O3. The molecule has 0 saturated carbocycles. The van der Waals surface area contributed by atoms with Crippen molar-refractivity contribution in [3.63, 3.8) is 0 Å². The Hall–Kier alpha value is -4.03. The zero-order chi connectivity index (χ0) is 25.9. The first-order valence-electron chi connectivity index (χ1n) is 12.6. The highest BCUT2D eigenvalue weighted by atomic mass is 16.5. The average Bonchev–Trinajstić information content (AvgIpc) is 2.94. The molecular weight excluding hydrogens is 462 g/mol. The summed E-state index contributed by atoms with van der Waals surface area (Å²) in [5, 5.41) is 2.86. The minimum atomic E-state index is -0.289. The summed E-state index contributed by atoms with van der Waals surface area (Å²) in [7, 11) is 1.60. The summed E-state index contributed by atoms with van der Waals surface area (Å²) >= 11 is 0. The van der Waals surface area contributed by atoms with E-state index in [1.165, 1.54) is 16.7 Å². The molecule has 0 saturated heterocycles. The lowest BCUT2D eigenvalue weighted by Crippen LogP contribution is -2.29. The van der Waals surface area contributed by atoms with Crippen LogP contribution in [0.5, 0.6) is 5.75 Å². The van der Waals surface area contributed by atoms with E-state index in [0.717, 1.165) is 18.4 Å². The third kappa shape index (κ3) is 7.48. The molecule has 4 rings (SSSR count). The van der Waals surface area contributed by atoms with Crippen LogP contribution in [0.4, 0.5) is 0 Å². The van der Waals surface area contributed by atoms with Crippen molar-refractivity contribution in [3.05, 3.63) is 113 Å². The quantitative estimate of drug-likeness (QED) is 0.260. The van der Waals surface area contributed by atoms with Crippen molar-refractivity contribution in [2.24, 2.45) is 0 Å². The molecule has 0 spiro atoms. The van der Waals surface area contributed by atoms with Crippen molar-refractivity contribution in [2.75, 3.05) is 20.3 Å². The fourth-order valence-electron chi connectivity index (χ4n) is 4.08. The Morgan fingerprint density at radius 1 is 0.811 bits per heavy atom. The number of hydrogen-bond acceptors (Lipinski definition) is 5. The van der Waals surface area contributed by atoms with Gasteiger partial charge in [0.05, 0.1) is 12.3 Å². The Kier molecular flexibility index (Phi) is 9.38. The van der Waals surface area contributed by atoms with E-state index >= 15 is 0 Å². The normalized spacial score (nSPS) is 10.8. The first-order valence-corrected chi connectivity index (χ1v) is 12.6. The van der Waals surface area contributed by atoms with Gasteiger partial charge in [-0.25, -0.2) is 9.97 Å². The van der Waals surface area contributed by atoms with E-state index in [1.54, 1.807) is 7.11 Å². The highest BCUT2D eigenvalue weighted by Crippen LogP contribution is 2.23.